The van der Waals surface area contributed by atoms with Crippen LogP contribution < -0.4 is 10.1 Å². The van der Waals surface area contributed by atoms with Crippen molar-refractivity contribution in [3.63, 3.8) is 0 Å². The van der Waals surface area contributed by atoms with Crippen molar-refractivity contribution in [2.45, 2.75) is 18.6 Å². The molecule has 1 fully saturated rings. The van der Waals surface area contributed by atoms with Crippen LogP contribution in [0.4, 0.5) is 4.79 Å². The molecule has 2 aliphatic rings. The number of para-hydroxylation sites is 1. The molecular formula is C20H17ClN2O5. The number of nitrogens with zero attached hydrogens (tertiary/aromatic N) is 1. The van der Waals surface area contributed by atoms with E-state index in [4.69, 9.17) is 21.1 Å². The van der Waals surface area contributed by atoms with E-state index in [1.54, 1.807) is 48.5 Å². The summed E-state index contributed by atoms with van der Waals surface area (Å²) in [6.45, 7) is -0.137. The molecule has 0 aromatic heterocycles. The fourth-order valence-corrected chi connectivity index (χ4v) is 3.56. The summed E-state index contributed by atoms with van der Waals surface area (Å²) in [6, 6.07) is 13.3. The molecule has 1 N–H and O–H groups in total. The van der Waals surface area contributed by atoms with Crippen LogP contribution in [0.15, 0.2) is 48.5 Å². The number of benzene rings is 2. The van der Waals surface area contributed by atoms with Gasteiger partial charge in [-0.05, 0) is 23.8 Å². The molecule has 2 aliphatic heterocycles. The van der Waals surface area contributed by atoms with Crippen molar-refractivity contribution in [3.8, 4) is 5.75 Å². The Balaban J connectivity index is 1.46. The average Bonchev–Trinajstić information content (AvgIpc) is 2.93. The van der Waals surface area contributed by atoms with E-state index >= 15 is 0 Å². The first-order chi connectivity index (χ1) is 13.5. The molecule has 2 aromatic carbocycles. The summed E-state index contributed by atoms with van der Waals surface area (Å²) < 4.78 is 10.8. The first-order valence-corrected chi connectivity index (χ1v) is 9.14. The van der Waals surface area contributed by atoms with Gasteiger partial charge in [-0.2, -0.15) is 0 Å². The summed E-state index contributed by atoms with van der Waals surface area (Å²) in [5, 5.41) is 3.33. The number of imide groups is 1. The molecule has 2 aromatic rings. The maximum atomic E-state index is 13.1. The SMILES string of the molecule is O=C(CN1C(=O)N[C@@]2(CCOc3ccccc32)C1=O)OCc1ccc(Cl)cc1. The van der Waals surface area contributed by atoms with Crippen molar-refractivity contribution in [3.05, 3.63) is 64.7 Å². The van der Waals surface area contributed by atoms with Crippen molar-refractivity contribution in [2.75, 3.05) is 13.2 Å². The Morgan fingerprint density at radius 1 is 1.18 bits per heavy atom. The number of carbonyl (C=O) groups is 3. The lowest BCUT2D eigenvalue weighted by molar-refractivity contribution is -0.149. The third kappa shape index (κ3) is 3.18. The van der Waals surface area contributed by atoms with Crippen LogP contribution in [0.25, 0.3) is 0 Å². The second-order valence-corrected chi connectivity index (χ2v) is 7.04. The lowest BCUT2D eigenvalue weighted by atomic mass is 9.84. The molecule has 1 saturated heterocycles. The van der Waals surface area contributed by atoms with E-state index in [1.165, 1.54) is 0 Å². The molecule has 7 nitrogen and oxygen atoms in total. The van der Waals surface area contributed by atoms with Gasteiger partial charge in [0.2, 0.25) is 0 Å². The fraction of sp³-hybridized carbons (Fsp3) is 0.250. The highest BCUT2D eigenvalue weighted by atomic mass is 35.5. The van der Waals surface area contributed by atoms with Gasteiger partial charge in [-0.1, -0.05) is 41.9 Å². The molecule has 4 rings (SSSR count). The van der Waals surface area contributed by atoms with Gasteiger partial charge in [0.25, 0.3) is 5.91 Å². The molecule has 0 aliphatic carbocycles. The lowest BCUT2D eigenvalue weighted by Gasteiger charge is -2.33. The molecule has 0 saturated carbocycles. The zero-order chi connectivity index (χ0) is 19.7. The predicted octanol–water partition coefficient (Wildman–Crippen LogP) is 2.61. The van der Waals surface area contributed by atoms with E-state index in [9.17, 15) is 14.4 Å². The van der Waals surface area contributed by atoms with Crippen molar-refractivity contribution in [2.24, 2.45) is 0 Å². The Morgan fingerprint density at radius 3 is 2.71 bits per heavy atom. The lowest BCUT2D eigenvalue weighted by Crippen LogP contribution is -2.47. The van der Waals surface area contributed by atoms with Crippen LogP contribution in [0.5, 0.6) is 5.75 Å². The Bertz CT molecular complexity index is 946. The van der Waals surface area contributed by atoms with Crippen LogP contribution in [-0.2, 0) is 26.5 Å². The van der Waals surface area contributed by atoms with Crippen LogP contribution in [-0.4, -0.2) is 36.0 Å². The van der Waals surface area contributed by atoms with Gasteiger partial charge in [0.15, 0.2) is 5.54 Å². The van der Waals surface area contributed by atoms with E-state index in [-0.39, 0.29) is 13.2 Å². The highest BCUT2D eigenvalue weighted by Crippen LogP contribution is 2.40. The maximum absolute atomic E-state index is 13.1. The Labute approximate surface area is 166 Å². The first-order valence-electron chi connectivity index (χ1n) is 8.76. The van der Waals surface area contributed by atoms with Gasteiger partial charge < -0.3 is 14.8 Å². The zero-order valence-corrected chi connectivity index (χ0v) is 15.6. The number of urea groups is 1. The Kier molecular flexibility index (Phi) is 4.68. The number of ether oxygens (including phenoxy) is 2. The van der Waals surface area contributed by atoms with Gasteiger partial charge in [0.05, 0.1) is 6.61 Å². The maximum Gasteiger partial charge on any atom is 0.326 e. The predicted molar refractivity (Wildman–Crippen MR) is 99.7 cm³/mol. The van der Waals surface area contributed by atoms with Crippen molar-refractivity contribution < 1.29 is 23.9 Å². The standard InChI is InChI=1S/C20H17ClN2O5/c21-14-7-5-13(6-8-14)12-28-17(24)11-23-18(25)20(22-19(23)26)9-10-27-16-4-2-1-3-15(16)20/h1-8H,9-12H2,(H,22,26)/t20-/m1/s1. The van der Waals surface area contributed by atoms with Crippen molar-refractivity contribution in [1.29, 1.82) is 0 Å². The molecule has 1 atom stereocenters. The number of carbonyl (C=O) groups excluding carboxylic acids is 3. The van der Waals surface area contributed by atoms with Crippen molar-refractivity contribution in [1.82, 2.24) is 10.2 Å². The molecule has 144 valence electrons. The van der Waals surface area contributed by atoms with Gasteiger partial charge in [0, 0.05) is 17.0 Å². The zero-order valence-electron chi connectivity index (χ0n) is 14.8. The topological polar surface area (TPSA) is 84.9 Å². The Morgan fingerprint density at radius 2 is 1.93 bits per heavy atom. The minimum absolute atomic E-state index is 0.0292. The van der Waals surface area contributed by atoms with Gasteiger partial charge >= 0.3 is 12.0 Å². The highest BCUT2D eigenvalue weighted by Gasteiger charge is 2.55. The van der Waals surface area contributed by atoms with E-state index < -0.39 is 30.0 Å². The molecule has 8 heteroatoms. The van der Waals surface area contributed by atoms with Crippen LogP contribution in [0.3, 0.4) is 0 Å². The third-order valence-corrected chi connectivity index (χ3v) is 5.11. The summed E-state index contributed by atoms with van der Waals surface area (Å²) in [5.74, 6) is -0.595. The number of amides is 3. The van der Waals surface area contributed by atoms with Gasteiger partial charge in [-0.25, -0.2) is 4.79 Å². The molecule has 0 radical (unpaired) electrons. The smallest absolute Gasteiger partial charge is 0.326 e. The van der Waals surface area contributed by atoms with Crippen LogP contribution in [0.2, 0.25) is 5.02 Å². The van der Waals surface area contributed by atoms with Gasteiger partial charge in [0.1, 0.15) is 18.9 Å². The van der Waals surface area contributed by atoms with Crippen molar-refractivity contribution >= 4 is 29.5 Å². The van der Waals surface area contributed by atoms with Crippen LogP contribution in [0, 0.1) is 0 Å². The molecule has 0 bridgehead atoms. The summed E-state index contributed by atoms with van der Waals surface area (Å²) in [5.41, 5.74) is 0.143. The van der Waals surface area contributed by atoms with Crippen LogP contribution in [0.1, 0.15) is 17.5 Å². The fourth-order valence-electron chi connectivity index (χ4n) is 3.43. The summed E-state index contributed by atoms with van der Waals surface area (Å²) in [7, 11) is 0. The number of halogens is 1. The molecule has 2 heterocycles. The van der Waals surface area contributed by atoms with E-state index in [0.717, 1.165) is 10.5 Å². The van der Waals surface area contributed by atoms with E-state index in [1.807, 2.05) is 0 Å². The number of rotatable bonds is 4. The largest absolute Gasteiger partial charge is 0.493 e. The molecule has 0 unspecified atom stereocenters. The van der Waals surface area contributed by atoms with Gasteiger partial charge in [-0.3, -0.25) is 14.5 Å². The van der Waals surface area contributed by atoms with Gasteiger partial charge in [-0.15, -0.1) is 0 Å². The first kappa shape index (κ1) is 18.3. The number of hydrogen-bond acceptors (Lipinski definition) is 5. The summed E-state index contributed by atoms with van der Waals surface area (Å²) >= 11 is 5.82. The second kappa shape index (κ2) is 7.16. The average molecular weight is 401 g/mol. The molecular weight excluding hydrogens is 384 g/mol. The third-order valence-electron chi connectivity index (χ3n) is 4.86. The number of esters is 1. The summed E-state index contributed by atoms with van der Waals surface area (Å²) in [6.07, 6.45) is 0.297. The second-order valence-electron chi connectivity index (χ2n) is 6.61. The van der Waals surface area contributed by atoms with E-state index in [0.29, 0.717) is 22.8 Å². The molecule has 28 heavy (non-hydrogen) atoms. The number of hydrogen-bond donors (Lipinski definition) is 1. The quantitative estimate of drug-likeness (QED) is 0.630. The minimum atomic E-state index is -1.21. The van der Waals surface area contributed by atoms with E-state index in [2.05, 4.69) is 5.32 Å². The van der Waals surface area contributed by atoms with Crippen LogP contribution >= 0.6 is 11.6 Å². The number of fused-ring (bicyclic) bond motifs is 2. The normalized spacial score (nSPS) is 20.5. The minimum Gasteiger partial charge on any atom is -0.493 e. The highest BCUT2D eigenvalue weighted by molar-refractivity contribution is 6.30. The number of nitrogens with one attached hydrogen (secondary N) is 1. The summed E-state index contributed by atoms with van der Waals surface area (Å²) in [4.78, 5) is 38.6. The Hall–Kier alpha value is -3.06. The monoisotopic (exact) mass is 400 g/mol. The molecule has 1 spiro atoms. The molecule has 3 amide bonds.